The van der Waals surface area contributed by atoms with Gasteiger partial charge >= 0.3 is 5.69 Å². The Morgan fingerprint density at radius 2 is 1.95 bits per heavy atom. The van der Waals surface area contributed by atoms with Crippen LogP contribution in [0.4, 0.5) is 5.69 Å². The van der Waals surface area contributed by atoms with E-state index in [4.69, 9.17) is 9.84 Å². The Morgan fingerprint density at radius 3 is 2.62 bits per heavy atom. The highest BCUT2D eigenvalue weighted by molar-refractivity contribution is 5.48. The molecule has 0 spiro atoms. The fourth-order valence-electron chi connectivity index (χ4n) is 1.70. The van der Waals surface area contributed by atoms with Crippen LogP contribution in [-0.4, -0.2) is 16.6 Å². The van der Waals surface area contributed by atoms with E-state index in [0.717, 1.165) is 5.56 Å². The van der Waals surface area contributed by atoms with Gasteiger partial charge in [0.1, 0.15) is 6.61 Å². The number of aliphatic hydroxyl groups is 1. The van der Waals surface area contributed by atoms with E-state index in [2.05, 4.69) is 11.8 Å². The molecule has 0 saturated heterocycles. The van der Waals surface area contributed by atoms with Gasteiger partial charge in [0, 0.05) is 11.6 Å². The van der Waals surface area contributed by atoms with Crippen molar-refractivity contribution in [3.63, 3.8) is 0 Å². The van der Waals surface area contributed by atoms with E-state index in [0.29, 0.717) is 5.56 Å². The molecule has 106 valence electrons. The highest BCUT2D eigenvalue weighted by atomic mass is 16.6. The highest BCUT2D eigenvalue weighted by Gasteiger charge is 2.15. The van der Waals surface area contributed by atoms with Crippen LogP contribution in [0, 0.1) is 22.0 Å². The molecule has 0 saturated carbocycles. The average Bonchev–Trinajstić information content (AvgIpc) is 2.52. The van der Waals surface area contributed by atoms with E-state index in [1.807, 2.05) is 30.3 Å². The minimum absolute atomic E-state index is 0.0498. The zero-order valence-corrected chi connectivity index (χ0v) is 11.2. The number of aliphatic hydroxyl groups excluding tert-OH is 1. The molecule has 5 heteroatoms. The number of ether oxygens (including phenoxy) is 1. The fourth-order valence-corrected chi connectivity index (χ4v) is 1.70. The summed E-state index contributed by atoms with van der Waals surface area (Å²) in [5, 5.41) is 19.9. The van der Waals surface area contributed by atoms with Crippen molar-refractivity contribution in [1.29, 1.82) is 0 Å². The van der Waals surface area contributed by atoms with Crippen LogP contribution in [0.15, 0.2) is 48.5 Å². The lowest BCUT2D eigenvalue weighted by molar-refractivity contribution is -0.385. The highest BCUT2D eigenvalue weighted by Crippen LogP contribution is 2.27. The minimum Gasteiger partial charge on any atom is -0.474 e. The number of hydrogen-bond acceptors (Lipinski definition) is 4. The molecule has 0 aliphatic rings. The predicted octanol–water partition coefficient (Wildman–Crippen LogP) is 2.52. The lowest BCUT2D eigenvalue weighted by Crippen LogP contribution is -1.99. The second kappa shape index (κ2) is 7.08. The molecular formula is C16H13NO4. The van der Waals surface area contributed by atoms with Gasteiger partial charge in [0.25, 0.3) is 0 Å². The maximum atomic E-state index is 11.0. The summed E-state index contributed by atoms with van der Waals surface area (Å²) in [6.07, 6.45) is 0. The molecule has 2 rings (SSSR count). The first-order valence-electron chi connectivity index (χ1n) is 6.25. The summed E-state index contributed by atoms with van der Waals surface area (Å²) in [4.78, 5) is 10.4. The zero-order chi connectivity index (χ0) is 15.1. The zero-order valence-electron chi connectivity index (χ0n) is 11.2. The van der Waals surface area contributed by atoms with E-state index in [9.17, 15) is 10.1 Å². The van der Waals surface area contributed by atoms with Gasteiger partial charge in [-0.2, -0.15) is 0 Å². The number of hydrogen-bond donors (Lipinski definition) is 1. The molecule has 0 fully saturated rings. The van der Waals surface area contributed by atoms with Gasteiger partial charge in [0.2, 0.25) is 0 Å². The van der Waals surface area contributed by atoms with Crippen molar-refractivity contribution in [3.05, 3.63) is 69.8 Å². The molecule has 0 amide bonds. The molecule has 0 aliphatic heterocycles. The van der Waals surface area contributed by atoms with Crippen LogP contribution in [0.3, 0.4) is 0 Å². The van der Waals surface area contributed by atoms with E-state index < -0.39 is 4.92 Å². The molecule has 0 bridgehead atoms. The van der Waals surface area contributed by atoms with E-state index in [1.165, 1.54) is 12.1 Å². The summed E-state index contributed by atoms with van der Waals surface area (Å²) in [6, 6.07) is 13.7. The molecule has 0 heterocycles. The molecule has 0 unspecified atom stereocenters. The Hall–Kier alpha value is -2.84. The summed E-state index contributed by atoms with van der Waals surface area (Å²) in [7, 11) is 0. The Kier molecular flexibility index (Phi) is 4.91. The summed E-state index contributed by atoms with van der Waals surface area (Å²) >= 11 is 0. The third-order valence-electron chi connectivity index (χ3n) is 2.71. The Labute approximate surface area is 122 Å². The number of nitro benzene ring substituents is 1. The molecule has 2 aromatic carbocycles. The van der Waals surface area contributed by atoms with E-state index in [-0.39, 0.29) is 24.7 Å². The Balaban J connectivity index is 2.07. The van der Waals surface area contributed by atoms with Gasteiger partial charge in [-0.1, -0.05) is 36.1 Å². The molecule has 0 radical (unpaired) electrons. The molecule has 0 aliphatic carbocycles. The third-order valence-corrected chi connectivity index (χ3v) is 2.71. The van der Waals surface area contributed by atoms with Crippen molar-refractivity contribution in [2.45, 2.75) is 6.61 Å². The van der Waals surface area contributed by atoms with Crippen molar-refractivity contribution in [1.82, 2.24) is 0 Å². The van der Waals surface area contributed by atoms with Crippen LogP contribution in [0.1, 0.15) is 11.1 Å². The minimum atomic E-state index is -0.543. The average molecular weight is 283 g/mol. The lowest BCUT2D eigenvalue weighted by Gasteiger charge is -2.04. The first-order valence-corrected chi connectivity index (χ1v) is 6.25. The molecular weight excluding hydrogens is 270 g/mol. The smallest absolute Gasteiger partial charge is 0.311 e. The third kappa shape index (κ3) is 4.06. The largest absolute Gasteiger partial charge is 0.474 e. The molecule has 0 atom stereocenters. The number of nitrogens with zero attached hydrogens (tertiary/aromatic N) is 1. The maximum absolute atomic E-state index is 11.0. The first kappa shape index (κ1) is 14.6. The monoisotopic (exact) mass is 283 g/mol. The Morgan fingerprint density at radius 1 is 1.19 bits per heavy atom. The van der Waals surface area contributed by atoms with Gasteiger partial charge < -0.3 is 9.84 Å². The summed E-state index contributed by atoms with van der Waals surface area (Å²) in [5.74, 6) is 5.84. The van der Waals surface area contributed by atoms with Crippen molar-refractivity contribution in [2.75, 3.05) is 6.61 Å². The van der Waals surface area contributed by atoms with Crippen LogP contribution in [-0.2, 0) is 6.61 Å². The first-order chi connectivity index (χ1) is 10.2. The van der Waals surface area contributed by atoms with Crippen molar-refractivity contribution < 1.29 is 14.8 Å². The standard InChI is InChI=1S/C16H13NO4/c18-12-14-8-9-16(15(11-14)17(19)20)21-10-4-7-13-5-2-1-3-6-13/h1-3,5-6,8-9,11,18H,10,12H2. The quantitative estimate of drug-likeness (QED) is 0.531. The van der Waals surface area contributed by atoms with E-state index in [1.54, 1.807) is 6.07 Å². The van der Waals surface area contributed by atoms with Crippen LogP contribution < -0.4 is 4.74 Å². The SMILES string of the molecule is O=[N+]([O-])c1cc(CO)ccc1OCC#Cc1ccccc1. The number of rotatable bonds is 4. The van der Waals surface area contributed by atoms with Gasteiger partial charge in [-0.05, 0) is 23.8 Å². The van der Waals surface area contributed by atoms with Crippen molar-refractivity contribution in [2.24, 2.45) is 0 Å². The summed E-state index contributed by atoms with van der Waals surface area (Å²) in [5.41, 5.74) is 1.14. The fraction of sp³-hybridized carbons (Fsp3) is 0.125. The maximum Gasteiger partial charge on any atom is 0.311 e. The second-order valence-electron chi connectivity index (χ2n) is 4.17. The molecule has 21 heavy (non-hydrogen) atoms. The molecule has 0 aromatic heterocycles. The topological polar surface area (TPSA) is 72.6 Å². The van der Waals surface area contributed by atoms with Crippen LogP contribution in [0.2, 0.25) is 0 Å². The van der Waals surface area contributed by atoms with Crippen molar-refractivity contribution in [3.8, 4) is 17.6 Å². The second-order valence-corrected chi connectivity index (χ2v) is 4.17. The molecule has 2 aromatic rings. The molecule has 1 N–H and O–H groups in total. The summed E-state index contributed by atoms with van der Waals surface area (Å²) < 4.78 is 5.32. The van der Waals surface area contributed by atoms with Gasteiger partial charge in [-0.3, -0.25) is 10.1 Å². The van der Waals surface area contributed by atoms with E-state index >= 15 is 0 Å². The molecule has 5 nitrogen and oxygen atoms in total. The van der Waals surface area contributed by atoms with Gasteiger partial charge in [-0.25, -0.2) is 0 Å². The van der Waals surface area contributed by atoms with Crippen LogP contribution in [0.25, 0.3) is 0 Å². The van der Waals surface area contributed by atoms with Crippen LogP contribution >= 0.6 is 0 Å². The number of nitro groups is 1. The Bertz CT molecular complexity index is 686. The lowest BCUT2D eigenvalue weighted by atomic mass is 10.2. The normalized spacial score (nSPS) is 9.57. The van der Waals surface area contributed by atoms with Gasteiger partial charge in [0.05, 0.1) is 11.5 Å². The number of benzene rings is 2. The summed E-state index contributed by atoms with van der Waals surface area (Å²) in [6.45, 7) is -0.205. The van der Waals surface area contributed by atoms with Crippen LogP contribution in [0.5, 0.6) is 5.75 Å². The van der Waals surface area contributed by atoms with Gasteiger partial charge in [0.15, 0.2) is 5.75 Å². The van der Waals surface area contributed by atoms with Gasteiger partial charge in [-0.15, -0.1) is 0 Å². The van der Waals surface area contributed by atoms with Crippen molar-refractivity contribution >= 4 is 5.69 Å². The predicted molar refractivity (Wildman–Crippen MR) is 77.8 cm³/mol.